The quantitative estimate of drug-likeness (QED) is 0.890. The van der Waals surface area contributed by atoms with Crippen LogP contribution in [0.1, 0.15) is 30.1 Å². The fourth-order valence-electron chi connectivity index (χ4n) is 2.44. The molecule has 0 spiro atoms. The van der Waals surface area contributed by atoms with E-state index in [1.165, 1.54) is 0 Å². The standard InChI is InChI=1S/C17H22N2O2S/c1-12-18-14(11-22-12)9-16(20)19-17(2,3)10-13-7-5-6-8-15(13)21-4/h5-8,11H,9-10H2,1-4H3,(H,19,20). The van der Waals surface area contributed by atoms with Gasteiger partial charge < -0.3 is 10.1 Å². The number of carbonyl (C=O) groups excluding carboxylic acids is 1. The van der Waals surface area contributed by atoms with Gasteiger partial charge in [-0.15, -0.1) is 11.3 Å². The number of rotatable bonds is 6. The second-order valence-corrected chi connectivity index (χ2v) is 7.02. The SMILES string of the molecule is COc1ccccc1CC(C)(C)NC(=O)Cc1csc(C)n1. The van der Waals surface area contributed by atoms with E-state index in [9.17, 15) is 4.79 Å². The van der Waals surface area contributed by atoms with Gasteiger partial charge in [0.2, 0.25) is 5.91 Å². The van der Waals surface area contributed by atoms with Crippen LogP contribution >= 0.6 is 11.3 Å². The van der Waals surface area contributed by atoms with Crippen molar-refractivity contribution in [2.45, 2.75) is 39.2 Å². The fourth-order valence-corrected chi connectivity index (χ4v) is 3.06. The van der Waals surface area contributed by atoms with Gasteiger partial charge in [0.15, 0.2) is 0 Å². The molecule has 0 aliphatic carbocycles. The molecular weight excluding hydrogens is 296 g/mol. The topological polar surface area (TPSA) is 51.2 Å². The molecule has 0 saturated heterocycles. The third kappa shape index (κ3) is 4.56. The Hall–Kier alpha value is -1.88. The average Bonchev–Trinajstić information content (AvgIpc) is 2.83. The van der Waals surface area contributed by atoms with Gasteiger partial charge in [-0.1, -0.05) is 18.2 Å². The van der Waals surface area contributed by atoms with Crippen LogP contribution < -0.4 is 10.1 Å². The lowest BCUT2D eigenvalue weighted by Crippen LogP contribution is -2.45. The van der Waals surface area contributed by atoms with Crippen LogP contribution in [0.25, 0.3) is 0 Å². The van der Waals surface area contributed by atoms with Crippen LogP contribution in [0.4, 0.5) is 0 Å². The Kier molecular flexibility index (Phi) is 5.19. The minimum Gasteiger partial charge on any atom is -0.496 e. The number of carbonyl (C=O) groups is 1. The second kappa shape index (κ2) is 6.92. The zero-order chi connectivity index (χ0) is 16.2. The van der Waals surface area contributed by atoms with Gasteiger partial charge >= 0.3 is 0 Å². The van der Waals surface area contributed by atoms with Crippen molar-refractivity contribution in [3.05, 3.63) is 45.9 Å². The van der Waals surface area contributed by atoms with Crippen molar-refractivity contribution in [2.24, 2.45) is 0 Å². The molecule has 1 heterocycles. The summed E-state index contributed by atoms with van der Waals surface area (Å²) in [6.07, 6.45) is 1.03. The molecule has 1 aromatic carbocycles. The molecule has 0 bridgehead atoms. The smallest absolute Gasteiger partial charge is 0.226 e. The van der Waals surface area contributed by atoms with Crippen molar-refractivity contribution in [1.29, 1.82) is 0 Å². The lowest BCUT2D eigenvalue weighted by Gasteiger charge is -2.27. The summed E-state index contributed by atoms with van der Waals surface area (Å²) in [5.74, 6) is 0.838. The molecule has 5 heteroatoms. The number of hydrogen-bond donors (Lipinski definition) is 1. The molecule has 1 N–H and O–H groups in total. The molecule has 1 aromatic heterocycles. The van der Waals surface area contributed by atoms with E-state index in [0.717, 1.165) is 22.0 Å². The number of para-hydroxylation sites is 1. The van der Waals surface area contributed by atoms with Gasteiger partial charge in [-0.25, -0.2) is 4.98 Å². The minimum atomic E-state index is -0.350. The highest BCUT2D eigenvalue weighted by atomic mass is 32.1. The number of methoxy groups -OCH3 is 1. The van der Waals surface area contributed by atoms with Crippen LogP contribution in [0.2, 0.25) is 0 Å². The molecule has 0 aliphatic heterocycles. The minimum absolute atomic E-state index is 0.00908. The maximum Gasteiger partial charge on any atom is 0.226 e. The highest BCUT2D eigenvalue weighted by Gasteiger charge is 2.23. The maximum absolute atomic E-state index is 12.2. The average molecular weight is 318 g/mol. The summed E-state index contributed by atoms with van der Waals surface area (Å²) < 4.78 is 5.37. The van der Waals surface area contributed by atoms with Crippen molar-refractivity contribution < 1.29 is 9.53 Å². The van der Waals surface area contributed by atoms with Crippen LogP contribution in [0.3, 0.4) is 0 Å². The zero-order valence-corrected chi connectivity index (χ0v) is 14.3. The van der Waals surface area contributed by atoms with Gasteiger partial charge in [-0.3, -0.25) is 4.79 Å². The first kappa shape index (κ1) is 16.5. The first-order valence-corrected chi connectivity index (χ1v) is 8.11. The summed E-state index contributed by atoms with van der Waals surface area (Å²) in [6, 6.07) is 7.88. The summed E-state index contributed by atoms with van der Waals surface area (Å²) in [5, 5.41) is 6.00. The molecule has 118 valence electrons. The molecule has 2 rings (SSSR count). The molecule has 4 nitrogen and oxygen atoms in total. The van der Waals surface area contributed by atoms with E-state index < -0.39 is 0 Å². The molecule has 0 radical (unpaired) electrons. The number of benzene rings is 1. The van der Waals surface area contributed by atoms with Gasteiger partial charge in [-0.05, 0) is 38.8 Å². The number of nitrogens with zero attached hydrogens (tertiary/aromatic N) is 1. The molecule has 22 heavy (non-hydrogen) atoms. The second-order valence-electron chi connectivity index (χ2n) is 5.96. The molecule has 0 aliphatic rings. The molecule has 0 saturated carbocycles. The van der Waals surface area contributed by atoms with Gasteiger partial charge in [0.25, 0.3) is 0 Å². The van der Waals surface area contributed by atoms with Crippen LogP contribution in [0, 0.1) is 6.92 Å². The van der Waals surface area contributed by atoms with Gasteiger partial charge in [0.1, 0.15) is 5.75 Å². The summed E-state index contributed by atoms with van der Waals surface area (Å²) in [7, 11) is 1.66. The fraction of sp³-hybridized carbons (Fsp3) is 0.412. The molecule has 0 unspecified atom stereocenters. The number of nitrogens with one attached hydrogen (secondary N) is 1. The number of aryl methyl sites for hydroxylation is 1. The Morgan fingerprint density at radius 3 is 2.73 bits per heavy atom. The Morgan fingerprint density at radius 2 is 2.09 bits per heavy atom. The highest BCUT2D eigenvalue weighted by molar-refractivity contribution is 7.09. The highest BCUT2D eigenvalue weighted by Crippen LogP contribution is 2.22. The van der Waals surface area contributed by atoms with E-state index in [4.69, 9.17) is 4.74 Å². The Morgan fingerprint density at radius 1 is 1.36 bits per heavy atom. The van der Waals surface area contributed by atoms with Gasteiger partial charge in [0.05, 0.1) is 24.2 Å². The van der Waals surface area contributed by atoms with Crippen LogP contribution in [0.15, 0.2) is 29.6 Å². The van der Waals surface area contributed by atoms with Gasteiger partial charge in [-0.2, -0.15) is 0 Å². The molecular formula is C17H22N2O2S. The van der Waals surface area contributed by atoms with Crippen molar-refractivity contribution in [2.75, 3.05) is 7.11 Å². The molecule has 0 atom stereocenters. The van der Waals surface area contributed by atoms with Crippen LogP contribution in [-0.2, 0) is 17.6 Å². The van der Waals surface area contributed by atoms with Crippen molar-refractivity contribution >= 4 is 17.2 Å². The number of thiazole rings is 1. The zero-order valence-electron chi connectivity index (χ0n) is 13.5. The van der Waals surface area contributed by atoms with E-state index in [1.54, 1.807) is 18.4 Å². The van der Waals surface area contributed by atoms with Crippen molar-refractivity contribution in [3.63, 3.8) is 0 Å². The van der Waals surface area contributed by atoms with Crippen LogP contribution in [0.5, 0.6) is 5.75 Å². The predicted molar refractivity (Wildman–Crippen MR) is 89.5 cm³/mol. The summed E-state index contributed by atoms with van der Waals surface area (Å²) >= 11 is 1.56. The van der Waals surface area contributed by atoms with E-state index in [1.807, 2.05) is 50.4 Å². The summed E-state index contributed by atoms with van der Waals surface area (Å²) in [4.78, 5) is 16.5. The first-order valence-electron chi connectivity index (χ1n) is 7.23. The normalized spacial score (nSPS) is 11.3. The number of ether oxygens (including phenoxy) is 1. The first-order chi connectivity index (χ1) is 10.4. The lowest BCUT2D eigenvalue weighted by atomic mass is 9.94. The number of aromatic nitrogens is 1. The van der Waals surface area contributed by atoms with Gasteiger partial charge in [0, 0.05) is 10.9 Å². The Balaban J connectivity index is 1.99. The largest absolute Gasteiger partial charge is 0.496 e. The van der Waals surface area contributed by atoms with Crippen molar-refractivity contribution in [3.8, 4) is 5.75 Å². The number of hydrogen-bond acceptors (Lipinski definition) is 4. The Bertz CT molecular complexity index is 650. The van der Waals surface area contributed by atoms with E-state index in [0.29, 0.717) is 12.8 Å². The molecule has 2 aromatic rings. The summed E-state index contributed by atoms with van der Waals surface area (Å²) in [6.45, 7) is 5.98. The van der Waals surface area contributed by atoms with Crippen molar-refractivity contribution in [1.82, 2.24) is 10.3 Å². The van der Waals surface area contributed by atoms with E-state index in [-0.39, 0.29) is 11.4 Å². The van der Waals surface area contributed by atoms with E-state index >= 15 is 0 Å². The van der Waals surface area contributed by atoms with E-state index in [2.05, 4.69) is 10.3 Å². The Labute approximate surface area is 135 Å². The maximum atomic E-state index is 12.2. The third-order valence-electron chi connectivity index (χ3n) is 3.31. The number of amides is 1. The third-order valence-corrected chi connectivity index (χ3v) is 4.13. The molecule has 0 fully saturated rings. The predicted octanol–water partition coefficient (Wildman–Crippen LogP) is 3.14. The monoisotopic (exact) mass is 318 g/mol. The lowest BCUT2D eigenvalue weighted by molar-refractivity contribution is -0.122. The summed E-state index contributed by atoms with van der Waals surface area (Å²) in [5.41, 5.74) is 1.56. The van der Waals surface area contributed by atoms with Crippen LogP contribution in [-0.4, -0.2) is 23.5 Å². The molecule has 1 amide bonds.